The quantitative estimate of drug-likeness (QED) is 0.936. The summed E-state index contributed by atoms with van der Waals surface area (Å²) in [5.41, 5.74) is 3.96. The third-order valence-electron chi connectivity index (χ3n) is 4.71. The molecule has 2 aromatic heterocycles. The molecule has 1 fully saturated rings. The van der Waals surface area contributed by atoms with Crippen LogP contribution in [0.3, 0.4) is 0 Å². The average molecular weight is 286 g/mol. The van der Waals surface area contributed by atoms with Crippen LogP contribution in [-0.2, 0) is 13.0 Å². The molecule has 0 saturated heterocycles. The van der Waals surface area contributed by atoms with E-state index in [0.29, 0.717) is 5.92 Å². The first-order valence-corrected chi connectivity index (χ1v) is 8.12. The van der Waals surface area contributed by atoms with Crippen LogP contribution in [-0.4, -0.2) is 32.6 Å². The van der Waals surface area contributed by atoms with Gasteiger partial charge in [-0.3, -0.25) is 14.8 Å². The fourth-order valence-electron chi connectivity index (χ4n) is 3.23. The van der Waals surface area contributed by atoms with Crippen LogP contribution in [0.25, 0.3) is 5.65 Å². The van der Waals surface area contributed by atoms with Crippen LogP contribution < -0.4 is 5.56 Å². The van der Waals surface area contributed by atoms with Crippen molar-refractivity contribution < 1.29 is 0 Å². The van der Waals surface area contributed by atoms with Gasteiger partial charge in [-0.2, -0.15) is 0 Å². The number of H-pyrrole nitrogens is 1. The van der Waals surface area contributed by atoms with Crippen molar-refractivity contribution in [3.05, 3.63) is 33.4 Å². The van der Waals surface area contributed by atoms with Crippen LogP contribution in [0.4, 0.5) is 0 Å². The first kappa shape index (κ1) is 13.1. The lowest BCUT2D eigenvalue weighted by atomic mass is 10.1. The summed E-state index contributed by atoms with van der Waals surface area (Å²) < 4.78 is 1.65. The smallest absolute Gasteiger partial charge is 0.277 e. The molecule has 0 atom stereocenters. The molecule has 0 radical (unpaired) electrons. The second-order valence-electron chi connectivity index (χ2n) is 6.40. The maximum absolute atomic E-state index is 12.7. The van der Waals surface area contributed by atoms with Crippen molar-refractivity contribution in [2.24, 2.45) is 0 Å². The molecule has 3 heterocycles. The predicted octanol–water partition coefficient (Wildman–Crippen LogP) is 2.06. The van der Waals surface area contributed by atoms with Crippen LogP contribution >= 0.6 is 0 Å². The Balaban J connectivity index is 1.71. The molecule has 21 heavy (non-hydrogen) atoms. The van der Waals surface area contributed by atoms with Crippen LogP contribution in [0, 0.1) is 0 Å². The molecule has 0 aromatic carbocycles. The van der Waals surface area contributed by atoms with Gasteiger partial charge in [-0.15, -0.1) is 0 Å². The Kier molecular flexibility index (Phi) is 3.10. The molecular weight excluding hydrogens is 264 g/mol. The molecule has 0 amide bonds. The van der Waals surface area contributed by atoms with E-state index in [2.05, 4.69) is 23.0 Å². The molecule has 5 nitrogen and oxygen atoms in total. The minimum Gasteiger partial charge on any atom is -0.298 e. The molecular formula is C16H22N4O. The number of nitrogens with one attached hydrogen (secondary N) is 1. The summed E-state index contributed by atoms with van der Waals surface area (Å²) in [5.74, 6) is 0.615. The van der Waals surface area contributed by atoms with E-state index < -0.39 is 0 Å². The van der Waals surface area contributed by atoms with E-state index in [-0.39, 0.29) is 5.56 Å². The van der Waals surface area contributed by atoms with Crippen LogP contribution in [0.2, 0.25) is 0 Å². The Bertz CT molecular complexity index is 726. The summed E-state index contributed by atoms with van der Waals surface area (Å²) >= 11 is 0. The normalized spacial score (nSPS) is 19.1. The molecule has 0 spiro atoms. The second-order valence-corrected chi connectivity index (χ2v) is 6.40. The molecule has 0 unspecified atom stereocenters. The molecule has 4 rings (SSSR count). The van der Waals surface area contributed by atoms with E-state index in [0.717, 1.165) is 43.0 Å². The van der Waals surface area contributed by atoms with E-state index in [1.807, 2.05) is 0 Å². The van der Waals surface area contributed by atoms with Gasteiger partial charge in [-0.05, 0) is 25.8 Å². The Morgan fingerprint density at radius 1 is 1.43 bits per heavy atom. The number of aromatic nitrogens is 3. The van der Waals surface area contributed by atoms with Crippen molar-refractivity contribution in [2.75, 3.05) is 13.1 Å². The lowest BCUT2D eigenvalue weighted by Crippen LogP contribution is -2.37. The van der Waals surface area contributed by atoms with Crippen molar-refractivity contribution in [3.8, 4) is 0 Å². The minimum absolute atomic E-state index is 0.100. The van der Waals surface area contributed by atoms with E-state index in [4.69, 9.17) is 4.98 Å². The standard InChI is InChI=1S/C16H22N4O/c1-2-3-7-19-8-6-13-12(10-19)16(21)20-15(17-13)9-14(18-20)11-4-5-11/h9,11,18H,2-8,10H2,1H3. The molecule has 5 heteroatoms. The largest absolute Gasteiger partial charge is 0.298 e. The van der Waals surface area contributed by atoms with Gasteiger partial charge in [-0.25, -0.2) is 9.50 Å². The number of fused-ring (bicyclic) bond motifs is 2. The lowest BCUT2D eigenvalue weighted by molar-refractivity contribution is 0.246. The third-order valence-corrected chi connectivity index (χ3v) is 4.71. The monoisotopic (exact) mass is 286 g/mol. The number of hydrogen-bond donors (Lipinski definition) is 1. The molecule has 1 N–H and O–H groups in total. The molecule has 1 saturated carbocycles. The van der Waals surface area contributed by atoms with Crippen molar-refractivity contribution in [3.63, 3.8) is 0 Å². The van der Waals surface area contributed by atoms with Crippen LogP contribution in [0.5, 0.6) is 0 Å². The lowest BCUT2D eigenvalue weighted by Gasteiger charge is -2.27. The Morgan fingerprint density at radius 2 is 2.29 bits per heavy atom. The molecule has 2 aromatic rings. The van der Waals surface area contributed by atoms with Crippen molar-refractivity contribution in [2.45, 2.75) is 51.5 Å². The van der Waals surface area contributed by atoms with E-state index >= 15 is 0 Å². The first-order chi connectivity index (χ1) is 10.3. The fourth-order valence-corrected chi connectivity index (χ4v) is 3.23. The fraction of sp³-hybridized carbons (Fsp3) is 0.625. The number of rotatable bonds is 4. The Hall–Kier alpha value is -1.62. The predicted molar refractivity (Wildman–Crippen MR) is 81.7 cm³/mol. The summed E-state index contributed by atoms with van der Waals surface area (Å²) in [4.78, 5) is 19.8. The summed E-state index contributed by atoms with van der Waals surface area (Å²) in [6.45, 7) is 5.06. The van der Waals surface area contributed by atoms with Crippen LogP contribution in [0.15, 0.2) is 10.9 Å². The van der Waals surface area contributed by atoms with Gasteiger partial charge in [0.25, 0.3) is 5.56 Å². The van der Waals surface area contributed by atoms with Gasteiger partial charge < -0.3 is 0 Å². The zero-order chi connectivity index (χ0) is 14.4. The zero-order valence-corrected chi connectivity index (χ0v) is 12.6. The number of unbranched alkanes of at least 4 members (excludes halogenated alkanes) is 1. The Morgan fingerprint density at radius 3 is 3.05 bits per heavy atom. The highest BCUT2D eigenvalue weighted by molar-refractivity contribution is 5.43. The SMILES string of the molecule is CCCCN1CCc2nc3cc(C4CC4)[nH]n3c(=O)c2C1. The number of hydrogen-bond acceptors (Lipinski definition) is 3. The highest BCUT2D eigenvalue weighted by atomic mass is 16.1. The van der Waals surface area contributed by atoms with Gasteiger partial charge in [0.05, 0.1) is 11.3 Å². The second kappa shape index (κ2) is 4.98. The molecule has 112 valence electrons. The van der Waals surface area contributed by atoms with Gasteiger partial charge in [0.2, 0.25) is 0 Å². The highest BCUT2D eigenvalue weighted by Crippen LogP contribution is 2.39. The maximum atomic E-state index is 12.7. The first-order valence-electron chi connectivity index (χ1n) is 8.12. The van der Waals surface area contributed by atoms with E-state index in [1.165, 1.54) is 31.4 Å². The Labute approximate surface area is 124 Å². The molecule has 0 bridgehead atoms. The van der Waals surface area contributed by atoms with Gasteiger partial charge in [0.1, 0.15) is 0 Å². The van der Waals surface area contributed by atoms with E-state index in [9.17, 15) is 4.79 Å². The molecule has 2 aliphatic rings. The molecule has 1 aliphatic heterocycles. The van der Waals surface area contributed by atoms with Crippen molar-refractivity contribution >= 4 is 5.65 Å². The maximum Gasteiger partial charge on any atom is 0.277 e. The number of aromatic amines is 1. The average Bonchev–Trinajstić information content (AvgIpc) is 3.26. The van der Waals surface area contributed by atoms with Crippen molar-refractivity contribution in [1.29, 1.82) is 0 Å². The molecule has 1 aliphatic carbocycles. The third kappa shape index (κ3) is 2.29. The summed E-state index contributed by atoms with van der Waals surface area (Å²) in [5, 5.41) is 3.26. The zero-order valence-electron chi connectivity index (χ0n) is 12.6. The van der Waals surface area contributed by atoms with E-state index in [1.54, 1.807) is 4.52 Å². The summed E-state index contributed by atoms with van der Waals surface area (Å²) in [6, 6.07) is 2.06. The topological polar surface area (TPSA) is 53.4 Å². The summed E-state index contributed by atoms with van der Waals surface area (Å²) in [6.07, 6.45) is 5.74. The van der Waals surface area contributed by atoms with Gasteiger partial charge in [0, 0.05) is 37.2 Å². The number of nitrogens with zero attached hydrogens (tertiary/aromatic N) is 3. The van der Waals surface area contributed by atoms with Crippen LogP contribution in [0.1, 0.15) is 55.5 Å². The van der Waals surface area contributed by atoms with Gasteiger partial charge in [-0.1, -0.05) is 13.3 Å². The van der Waals surface area contributed by atoms with Gasteiger partial charge in [0.15, 0.2) is 5.65 Å². The van der Waals surface area contributed by atoms with Crippen molar-refractivity contribution in [1.82, 2.24) is 19.5 Å². The summed E-state index contributed by atoms with van der Waals surface area (Å²) in [7, 11) is 0. The highest BCUT2D eigenvalue weighted by Gasteiger charge is 2.27. The van der Waals surface area contributed by atoms with Gasteiger partial charge >= 0.3 is 0 Å². The minimum atomic E-state index is 0.100.